The van der Waals surface area contributed by atoms with Crippen LogP contribution in [0.2, 0.25) is 0 Å². The van der Waals surface area contributed by atoms with Gasteiger partial charge in [0.2, 0.25) is 0 Å². The van der Waals surface area contributed by atoms with Crippen molar-refractivity contribution >= 4 is 15.9 Å². The largest absolute Gasteiger partial charge is 0.486 e. The molecule has 2 aromatic carbocycles. The van der Waals surface area contributed by atoms with Gasteiger partial charge in [0.25, 0.3) is 0 Å². The Morgan fingerprint density at radius 2 is 1.71 bits per heavy atom. The Labute approximate surface area is 129 Å². The van der Waals surface area contributed by atoms with Crippen molar-refractivity contribution in [3.8, 4) is 11.5 Å². The van der Waals surface area contributed by atoms with E-state index in [-0.39, 0.29) is 4.83 Å². The topological polar surface area (TPSA) is 18.5 Å². The van der Waals surface area contributed by atoms with E-state index in [4.69, 9.17) is 9.47 Å². The van der Waals surface area contributed by atoms with Crippen LogP contribution in [0.15, 0.2) is 36.4 Å². The second kappa shape index (κ2) is 6.02. The molecule has 1 aliphatic heterocycles. The number of alkyl halides is 1. The minimum atomic E-state index is -0.829. The Balaban J connectivity index is 1.78. The Morgan fingerprint density at radius 3 is 2.48 bits per heavy atom. The van der Waals surface area contributed by atoms with E-state index in [2.05, 4.69) is 15.9 Å². The Morgan fingerprint density at radius 1 is 0.952 bits per heavy atom. The summed E-state index contributed by atoms with van der Waals surface area (Å²) in [5.74, 6) is -0.204. The maximum Gasteiger partial charge on any atom is 0.161 e. The van der Waals surface area contributed by atoms with Crippen LogP contribution in [0.3, 0.4) is 0 Å². The summed E-state index contributed by atoms with van der Waals surface area (Å²) in [6, 6.07) is 9.67. The zero-order valence-electron chi connectivity index (χ0n) is 11.1. The number of benzene rings is 2. The highest BCUT2D eigenvalue weighted by Crippen LogP contribution is 2.36. The predicted molar refractivity (Wildman–Crippen MR) is 79.2 cm³/mol. The predicted octanol–water partition coefficient (Wildman–Crippen LogP) is 4.41. The van der Waals surface area contributed by atoms with Crippen LogP contribution < -0.4 is 9.47 Å². The minimum Gasteiger partial charge on any atom is -0.486 e. The first-order chi connectivity index (χ1) is 10.1. The van der Waals surface area contributed by atoms with E-state index < -0.39 is 11.6 Å². The summed E-state index contributed by atoms with van der Waals surface area (Å²) in [5.41, 5.74) is 1.73. The molecule has 0 spiro atoms. The number of ether oxygens (including phenoxy) is 2. The molecule has 0 radical (unpaired) electrons. The van der Waals surface area contributed by atoms with Gasteiger partial charge in [-0.25, -0.2) is 8.78 Å². The van der Waals surface area contributed by atoms with Crippen molar-refractivity contribution in [3.05, 3.63) is 59.2 Å². The molecule has 1 unspecified atom stereocenters. The van der Waals surface area contributed by atoms with Crippen molar-refractivity contribution in [1.29, 1.82) is 0 Å². The van der Waals surface area contributed by atoms with Crippen LogP contribution in [0.4, 0.5) is 8.78 Å². The lowest BCUT2D eigenvalue weighted by Crippen LogP contribution is -2.15. The first kappa shape index (κ1) is 14.3. The molecule has 2 nitrogen and oxygen atoms in total. The fraction of sp³-hybridized carbons (Fsp3) is 0.250. The molecule has 0 amide bonds. The van der Waals surface area contributed by atoms with Gasteiger partial charge in [-0.15, -0.1) is 0 Å². The van der Waals surface area contributed by atoms with Crippen molar-refractivity contribution in [3.63, 3.8) is 0 Å². The fourth-order valence-electron chi connectivity index (χ4n) is 2.25. The van der Waals surface area contributed by atoms with Crippen LogP contribution in [0.1, 0.15) is 16.0 Å². The monoisotopic (exact) mass is 354 g/mol. The van der Waals surface area contributed by atoms with Crippen molar-refractivity contribution in [2.75, 3.05) is 13.2 Å². The number of rotatable bonds is 3. The van der Waals surface area contributed by atoms with Gasteiger partial charge in [-0.1, -0.05) is 28.1 Å². The second-order valence-corrected chi connectivity index (χ2v) is 5.93. The van der Waals surface area contributed by atoms with Gasteiger partial charge in [0.05, 0.1) is 0 Å². The van der Waals surface area contributed by atoms with Crippen LogP contribution in [-0.4, -0.2) is 13.2 Å². The number of hydrogen-bond acceptors (Lipinski definition) is 2. The van der Waals surface area contributed by atoms with Crippen molar-refractivity contribution in [2.45, 2.75) is 11.2 Å². The van der Waals surface area contributed by atoms with Gasteiger partial charge in [0.15, 0.2) is 23.1 Å². The highest BCUT2D eigenvalue weighted by Gasteiger charge is 2.16. The van der Waals surface area contributed by atoms with Gasteiger partial charge in [0.1, 0.15) is 13.2 Å². The number of fused-ring (bicyclic) bond motifs is 1. The maximum absolute atomic E-state index is 13.2. The summed E-state index contributed by atoms with van der Waals surface area (Å²) in [6.07, 6.45) is 0.552. The fourth-order valence-corrected chi connectivity index (χ4v) is 2.90. The van der Waals surface area contributed by atoms with Crippen molar-refractivity contribution in [1.82, 2.24) is 0 Å². The standard InChI is InChI=1S/C16H13BrF2O2/c17-12(7-10-1-3-13(18)14(19)8-10)11-2-4-15-16(9-11)21-6-5-20-15/h1-4,8-9,12H,5-7H2. The van der Waals surface area contributed by atoms with E-state index in [0.29, 0.717) is 25.4 Å². The first-order valence-corrected chi connectivity index (χ1v) is 7.52. The van der Waals surface area contributed by atoms with Crippen LogP contribution in [0.25, 0.3) is 0 Å². The summed E-state index contributed by atoms with van der Waals surface area (Å²) in [4.78, 5) is -0.0156. The van der Waals surface area contributed by atoms with Crippen molar-refractivity contribution in [2.24, 2.45) is 0 Å². The molecule has 1 aliphatic rings. The summed E-state index contributed by atoms with van der Waals surface area (Å²) in [5, 5.41) is 0. The van der Waals surface area contributed by atoms with Crippen LogP contribution in [-0.2, 0) is 6.42 Å². The van der Waals surface area contributed by atoms with Gasteiger partial charge in [0, 0.05) is 4.83 Å². The SMILES string of the molecule is Fc1ccc(CC(Br)c2ccc3c(c2)OCCO3)cc1F. The third-order valence-electron chi connectivity index (χ3n) is 3.33. The minimum absolute atomic E-state index is 0.0156. The zero-order valence-corrected chi connectivity index (χ0v) is 12.7. The van der Waals surface area contributed by atoms with Gasteiger partial charge >= 0.3 is 0 Å². The Bertz CT molecular complexity index is 661. The van der Waals surface area contributed by atoms with E-state index >= 15 is 0 Å². The van der Waals surface area contributed by atoms with Gasteiger partial charge < -0.3 is 9.47 Å². The third-order valence-corrected chi connectivity index (χ3v) is 4.18. The molecule has 1 heterocycles. The van der Waals surface area contributed by atoms with Crippen LogP contribution in [0.5, 0.6) is 11.5 Å². The summed E-state index contributed by atoms with van der Waals surface area (Å²) in [6.45, 7) is 1.09. The molecule has 0 saturated carbocycles. The van der Waals surface area contributed by atoms with E-state index in [1.165, 1.54) is 6.07 Å². The smallest absolute Gasteiger partial charge is 0.161 e. The molecule has 3 rings (SSSR count). The molecule has 0 bridgehead atoms. The molecular formula is C16H13BrF2O2. The molecule has 0 fully saturated rings. The molecule has 0 N–H and O–H groups in total. The third kappa shape index (κ3) is 3.18. The molecule has 21 heavy (non-hydrogen) atoms. The van der Waals surface area contributed by atoms with E-state index in [0.717, 1.165) is 22.9 Å². The van der Waals surface area contributed by atoms with E-state index in [1.807, 2.05) is 18.2 Å². The van der Waals surface area contributed by atoms with Crippen LogP contribution >= 0.6 is 15.9 Å². The molecule has 1 atom stereocenters. The lowest BCUT2D eigenvalue weighted by Gasteiger charge is -2.20. The van der Waals surface area contributed by atoms with Gasteiger partial charge in [-0.3, -0.25) is 0 Å². The average Bonchev–Trinajstić information content (AvgIpc) is 2.50. The molecule has 2 aromatic rings. The van der Waals surface area contributed by atoms with Crippen LogP contribution in [0, 0.1) is 11.6 Å². The quantitative estimate of drug-likeness (QED) is 0.760. The van der Waals surface area contributed by atoms with E-state index in [1.54, 1.807) is 6.07 Å². The maximum atomic E-state index is 13.2. The second-order valence-electron chi connectivity index (χ2n) is 4.82. The molecule has 110 valence electrons. The summed E-state index contributed by atoms with van der Waals surface area (Å²) >= 11 is 3.58. The Hall–Kier alpha value is -1.62. The van der Waals surface area contributed by atoms with Crippen molar-refractivity contribution < 1.29 is 18.3 Å². The number of halogens is 3. The lowest BCUT2D eigenvalue weighted by atomic mass is 10.0. The Kier molecular flexibility index (Phi) is 4.10. The molecule has 5 heteroatoms. The normalized spacial score (nSPS) is 14.8. The molecule has 0 aromatic heterocycles. The van der Waals surface area contributed by atoms with E-state index in [9.17, 15) is 8.78 Å². The number of hydrogen-bond donors (Lipinski definition) is 0. The zero-order chi connectivity index (χ0) is 14.8. The summed E-state index contributed by atoms with van der Waals surface area (Å²) < 4.78 is 37.2. The molecule has 0 saturated heterocycles. The average molecular weight is 355 g/mol. The van der Waals surface area contributed by atoms with Gasteiger partial charge in [-0.2, -0.15) is 0 Å². The molecular weight excluding hydrogens is 342 g/mol. The van der Waals surface area contributed by atoms with Gasteiger partial charge in [-0.05, 0) is 41.8 Å². The lowest BCUT2D eigenvalue weighted by molar-refractivity contribution is 0.171. The first-order valence-electron chi connectivity index (χ1n) is 6.61. The summed E-state index contributed by atoms with van der Waals surface area (Å²) in [7, 11) is 0. The highest BCUT2D eigenvalue weighted by molar-refractivity contribution is 9.09. The highest BCUT2D eigenvalue weighted by atomic mass is 79.9. The molecule has 0 aliphatic carbocycles.